The molecule has 0 aromatic heterocycles. The number of alkyl carbamates (subject to hydrolysis) is 1. The van der Waals surface area contributed by atoms with Crippen molar-refractivity contribution in [1.29, 1.82) is 0 Å². The van der Waals surface area contributed by atoms with Crippen molar-refractivity contribution in [1.82, 2.24) is 5.32 Å². The smallest absolute Gasteiger partial charge is 0.408 e. The number of aliphatic imine (C=N–C) groups is 1. The lowest BCUT2D eigenvalue weighted by Crippen LogP contribution is -2.45. The van der Waals surface area contributed by atoms with Gasteiger partial charge in [-0.15, -0.1) is 0 Å². The molecule has 0 bridgehead atoms. The van der Waals surface area contributed by atoms with E-state index in [4.69, 9.17) is 25.8 Å². The summed E-state index contributed by atoms with van der Waals surface area (Å²) in [5.74, 6) is -0.0251. The van der Waals surface area contributed by atoms with E-state index in [0.717, 1.165) is 5.56 Å². The number of hydrogen-bond acceptors (Lipinski definition) is 8. The molecule has 2 aromatic carbocycles. The molecule has 2 heterocycles. The zero-order valence-corrected chi connectivity index (χ0v) is 25.2. The zero-order valence-electron chi connectivity index (χ0n) is 22.8. The fraction of sp³-hybridized carbons (Fsp3) is 0.444. The summed E-state index contributed by atoms with van der Waals surface area (Å²) in [6.45, 7) is 5.19. The van der Waals surface area contributed by atoms with E-state index in [1.54, 1.807) is 37.8 Å². The number of carbonyl (C=O) groups is 2. The number of amidine groups is 1. The van der Waals surface area contributed by atoms with Crippen molar-refractivity contribution < 1.29 is 32.2 Å². The Labute approximate surface area is 243 Å². The highest BCUT2D eigenvalue weighted by molar-refractivity contribution is 8.16. The fourth-order valence-corrected chi connectivity index (χ4v) is 8.70. The van der Waals surface area contributed by atoms with Gasteiger partial charge in [-0.3, -0.25) is 4.79 Å². The van der Waals surface area contributed by atoms with Crippen LogP contribution in [0.3, 0.4) is 0 Å². The fourth-order valence-electron chi connectivity index (χ4n) is 4.55. The quantitative estimate of drug-likeness (QED) is 0.494. The van der Waals surface area contributed by atoms with Crippen LogP contribution < -0.4 is 19.7 Å². The average molecular weight is 610 g/mol. The number of carbonyl (C=O) groups excluding carboxylic acids is 2. The number of anilines is 1. The van der Waals surface area contributed by atoms with Gasteiger partial charge in [-0.1, -0.05) is 53.7 Å². The number of nitrogens with one attached hydrogen (secondary N) is 1. The number of thioether (sulfide) groups is 1. The summed E-state index contributed by atoms with van der Waals surface area (Å²) in [7, 11) is -0.359. The highest BCUT2D eigenvalue weighted by atomic mass is 35.5. The first-order valence-corrected chi connectivity index (χ1v) is 15.6. The highest BCUT2D eigenvalue weighted by Crippen LogP contribution is 2.46. The van der Waals surface area contributed by atoms with Crippen LogP contribution in [0.2, 0.25) is 5.02 Å². The third kappa shape index (κ3) is 7.02. The van der Waals surface area contributed by atoms with E-state index in [1.807, 2.05) is 30.3 Å². The number of amides is 2. The van der Waals surface area contributed by atoms with Crippen molar-refractivity contribution in [2.24, 2.45) is 4.99 Å². The molecule has 2 fully saturated rings. The molecule has 10 nitrogen and oxygen atoms in total. The average Bonchev–Trinajstić information content (AvgIpc) is 3.33. The number of hydrogen-bond donors (Lipinski definition) is 1. The van der Waals surface area contributed by atoms with Crippen LogP contribution in [0.15, 0.2) is 47.5 Å². The van der Waals surface area contributed by atoms with Crippen LogP contribution in [0.1, 0.15) is 26.3 Å². The molecule has 1 N–H and O–H groups in total. The van der Waals surface area contributed by atoms with E-state index >= 15 is 0 Å². The first-order chi connectivity index (χ1) is 18.8. The van der Waals surface area contributed by atoms with E-state index in [0.29, 0.717) is 22.4 Å². The number of sulfone groups is 1. The Morgan fingerprint density at radius 1 is 1.12 bits per heavy atom. The Hall–Kier alpha value is -2.96. The van der Waals surface area contributed by atoms with Gasteiger partial charge in [0.1, 0.15) is 23.1 Å². The lowest BCUT2D eigenvalue weighted by Gasteiger charge is -2.27. The minimum absolute atomic E-state index is 0.0537. The molecule has 0 unspecified atom stereocenters. The summed E-state index contributed by atoms with van der Waals surface area (Å²) >= 11 is 7.64. The summed E-state index contributed by atoms with van der Waals surface area (Å²) in [5, 5.41) is 2.88. The van der Waals surface area contributed by atoms with Crippen molar-refractivity contribution in [3.8, 4) is 11.5 Å². The summed E-state index contributed by atoms with van der Waals surface area (Å²) in [6.07, 6.45) is -0.566. The molecule has 13 heteroatoms. The Morgan fingerprint density at radius 2 is 1.80 bits per heavy atom. The van der Waals surface area contributed by atoms with Gasteiger partial charge in [-0.2, -0.15) is 4.99 Å². The topological polar surface area (TPSA) is 124 Å². The van der Waals surface area contributed by atoms with Gasteiger partial charge in [-0.25, -0.2) is 13.2 Å². The Morgan fingerprint density at radius 3 is 2.42 bits per heavy atom. The van der Waals surface area contributed by atoms with Gasteiger partial charge >= 0.3 is 6.09 Å². The van der Waals surface area contributed by atoms with E-state index in [9.17, 15) is 18.0 Å². The van der Waals surface area contributed by atoms with Crippen molar-refractivity contribution in [2.75, 3.05) is 30.6 Å². The molecule has 216 valence electrons. The summed E-state index contributed by atoms with van der Waals surface area (Å²) in [6, 6.07) is 10.9. The van der Waals surface area contributed by atoms with Crippen LogP contribution in [0.5, 0.6) is 11.5 Å². The second-order valence-electron chi connectivity index (χ2n) is 10.5. The van der Waals surface area contributed by atoms with Gasteiger partial charge in [0, 0.05) is 17.7 Å². The van der Waals surface area contributed by atoms with Crippen LogP contribution >= 0.6 is 23.4 Å². The third-order valence-corrected chi connectivity index (χ3v) is 9.76. The first-order valence-electron chi connectivity index (χ1n) is 12.5. The number of ether oxygens (including phenoxy) is 3. The van der Waals surface area contributed by atoms with Gasteiger partial charge in [0.2, 0.25) is 0 Å². The zero-order chi connectivity index (χ0) is 29.2. The van der Waals surface area contributed by atoms with Crippen molar-refractivity contribution >= 4 is 56.1 Å². The van der Waals surface area contributed by atoms with E-state index in [1.165, 1.54) is 26.0 Å². The van der Waals surface area contributed by atoms with Crippen LogP contribution in [0.4, 0.5) is 10.5 Å². The predicted molar refractivity (Wildman–Crippen MR) is 157 cm³/mol. The molecule has 2 amide bonds. The second-order valence-corrected chi connectivity index (χ2v) is 14.2. The molecule has 4 rings (SSSR count). The second kappa shape index (κ2) is 11.9. The van der Waals surface area contributed by atoms with Crippen molar-refractivity contribution in [3.63, 3.8) is 0 Å². The van der Waals surface area contributed by atoms with Crippen molar-refractivity contribution in [2.45, 2.75) is 50.1 Å². The number of halogens is 1. The SMILES string of the molecule is COc1cc(OC)c(N2C(=NC(=O)[C@H](Cc3ccccc3)NC(=O)OC(C)(C)C)S[C@@H]3CS(=O)(=O)C[C@H]32)cc1Cl. The maximum absolute atomic E-state index is 13.7. The van der Waals surface area contributed by atoms with E-state index < -0.39 is 39.5 Å². The molecule has 0 radical (unpaired) electrons. The van der Waals surface area contributed by atoms with Gasteiger partial charge in [-0.05, 0) is 32.4 Å². The van der Waals surface area contributed by atoms with Crippen molar-refractivity contribution in [3.05, 3.63) is 53.1 Å². The molecular formula is C27H32ClN3O7S2. The number of benzene rings is 2. The molecule has 0 aliphatic carbocycles. The van der Waals surface area contributed by atoms with Gasteiger partial charge in [0.15, 0.2) is 15.0 Å². The molecule has 2 aliphatic heterocycles. The molecule has 2 aliphatic rings. The molecule has 3 atom stereocenters. The van der Waals surface area contributed by atoms with E-state index in [-0.39, 0.29) is 28.2 Å². The Bertz CT molecular complexity index is 1410. The van der Waals surface area contributed by atoms with Gasteiger partial charge in [0.05, 0.1) is 42.5 Å². The number of methoxy groups -OCH3 is 2. The summed E-state index contributed by atoms with van der Waals surface area (Å²) in [5.41, 5.74) is 0.512. The predicted octanol–water partition coefficient (Wildman–Crippen LogP) is 4.09. The third-order valence-electron chi connectivity index (χ3n) is 6.26. The molecular weight excluding hydrogens is 578 g/mol. The van der Waals surface area contributed by atoms with Gasteiger partial charge in [0.25, 0.3) is 5.91 Å². The number of nitrogens with zero attached hydrogens (tertiary/aromatic N) is 2. The number of rotatable bonds is 7. The summed E-state index contributed by atoms with van der Waals surface area (Å²) in [4.78, 5) is 32.4. The van der Waals surface area contributed by atoms with Crippen LogP contribution in [0.25, 0.3) is 0 Å². The molecule has 40 heavy (non-hydrogen) atoms. The Kier molecular flexibility index (Phi) is 8.91. The monoisotopic (exact) mass is 609 g/mol. The van der Waals surface area contributed by atoms with Gasteiger partial charge < -0.3 is 24.4 Å². The standard InChI is InChI=1S/C27H32ClN3O7S2/c1-27(2,3)38-26(33)29-18(11-16-9-7-6-8-10-16)24(32)30-25-31(20-14-40(34,35)15-23(20)39-25)19-12-17(28)21(36-4)13-22(19)37-5/h6-10,12-13,18,20,23H,11,14-15H2,1-5H3,(H,29,33)/t18-,20+,23+/m0/s1. The largest absolute Gasteiger partial charge is 0.495 e. The van der Waals surface area contributed by atoms with E-state index in [2.05, 4.69) is 10.3 Å². The summed E-state index contributed by atoms with van der Waals surface area (Å²) < 4.78 is 41.3. The maximum Gasteiger partial charge on any atom is 0.408 e. The van der Waals surface area contributed by atoms with Crippen LogP contribution in [0, 0.1) is 0 Å². The molecule has 2 saturated heterocycles. The molecule has 0 spiro atoms. The lowest BCUT2D eigenvalue weighted by atomic mass is 10.1. The highest BCUT2D eigenvalue weighted by Gasteiger charge is 2.50. The number of fused-ring (bicyclic) bond motifs is 1. The Balaban J connectivity index is 1.73. The maximum atomic E-state index is 13.7. The lowest BCUT2D eigenvalue weighted by molar-refractivity contribution is -0.119. The first kappa shape index (κ1) is 30.0. The minimum atomic E-state index is -3.31. The molecule has 2 aromatic rings. The van der Waals surface area contributed by atoms with Crippen LogP contribution in [-0.4, -0.2) is 74.2 Å². The molecule has 0 saturated carbocycles. The van der Waals surface area contributed by atoms with Crippen LogP contribution in [-0.2, 0) is 25.8 Å². The normalized spacial score (nSPS) is 21.6. The minimum Gasteiger partial charge on any atom is -0.495 e.